The van der Waals surface area contributed by atoms with E-state index < -0.39 is 0 Å². The average Bonchev–Trinajstić information content (AvgIpc) is 2.30. The third-order valence-electron chi connectivity index (χ3n) is 3.28. The third-order valence-corrected chi connectivity index (χ3v) is 3.49. The van der Waals surface area contributed by atoms with Crippen LogP contribution in [-0.2, 0) is 0 Å². The molecular formula is C12H18ClN3O. The smallest absolute Gasteiger partial charge is 0.149 e. The fourth-order valence-electron chi connectivity index (χ4n) is 2.26. The molecule has 2 unspecified atom stereocenters. The Morgan fingerprint density at radius 2 is 2.24 bits per heavy atom. The molecule has 1 aromatic rings. The van der Waals surface area contributed by atoms with E-state index in [0.717, 1.165) is 19.3 Å². The number of aromatic nitrogens is 1. The highest BCUT2D eigenvalue weighted by molar-refractivity contribution is 6.30. The molecule has 4 N–H and O–H groups in total. The molecule has 0 radical (unpaired) electrons. The van der Waals surface area contributed by atoms with Crippen LogP contribution in [0, 0.1) is 5.92 Å². The normalized spacial score (nSPS) is 24.6. The molecule has 0 aliphatic heterocycles. The van der Waals surface area contributed by atoms with Crippen molar-refractivity contribution in [3.63, 3.8) is 0 Å². The second kappa shape index (κ2) is 5.56. The molecule has 0 spiro atoms. The number of rotatable bonds is 3. The number of aliphatic hydroxyl groups excluding tert-OH is 1. The minimum absolute atomic E-state index is 0.204. The van der Waals surface area contributed by atoms with E-state index in [4.69, 9.17) is 17.3 Å². The van der Waals surface area contributed by atoms with Crippen molar-refractivity contribution in [1.29, 1.82) is 0 Å². The van der Waals surface area contributed by atoms with Crippen molar-refractivity contribution in [2.45, 2.75) is 31.8 Å². The van der Waals surface area contributed by atoms with Gasteiger partial charge in [0, 0.05) is 18.7 Å². The van der Waals surface area contributed by atoms with Crippen molar-refractivity contribution in [1.82, 2.24) is 4.98 Å². The van der Waals surface area contributed by atoms with E-state index in [9.17, 15) is 5.11 Å². The second-order valence-corrected chi connectivity index (χ2v) is 5.02. The van der Waals surface area contributed by atoms with E-state index in [1.807, 2.05) is 0 Å². The number of pyridine rings is 1. The Kier molecular flexibility index (Phi) is 4.07. The summed E-state index contributed by atoms with van der Waals surface area (Å²) in [5.74, 6) is 0.938. The van der Waals surface area contributed by atoms with E-state index in [2.05, 4.69) is 10.3 Å². The zero-order chi connectivity index (χ0) is 12.3. The summed E-state index contributed by atoms with van der Waals surface area (Å²) in [5.41, 5.74) is 6.34. The van der Waals surface area contributed by atoms with Gasteiger partial charge in [-0.15, -0.1) is 0 Å². The van der Waals surface area contributed by atoms with Crippen LogP contribution in [-0.4, -0.2) is 22.7 Å². The average molecular weight is 256 g/mol. The number of nitrogen functional groups attached to an aromatic ring is 1. The number of aliphatic hydroxyl groups is 1. The first-order chi connectivity index (χ1) is 8.16. The number of nitrogens with two attached hydrogens (primary N) is 1. The summed E-state index contributed by atoms with van der Waals surface area (Å²) in [7, 11) is 0. The minimum atomic E-state index is -0.204. The topological polar surface area (TPSA) is 71.2 Å². The van der Waals surface area contributed by atoms with Gasteiger partial charge in [0.05, 0.1) is 16.8 Å². The molecule has 0 aromatic carbocycles. The summed E-state index contributed by atoms with van der Waals surface area (Å²) in [6, 6.07) is 1.67. The van der Waals surface area contributed by atoms with Gasteiger partial charge in [-0.1, -0.05) is 24.4 Å². The molecule has 0 amide bonds. The molecule has 1 heterocycles. The fourth-order valence-corrected chi connectivity index (χ4v) is 2.42. The molecule has 0 saturated heterocycles. The minimum Gasteiger partial charge on any atom is -0.396 e. The maximum absolute atomic E-state index is 9.85. The van der Waals surface area contributed by atoms with Gasteiger partial charge >= 0.3 is 0 Å². The summed E-state index contributed by atoms with van der Waals surface area (Å²) < 4.78 is 0. The first kappa shape index (κ1) is 12.5. The van der Waals surface area contributed by atoms with Crippen LogP contribution in [0.2, 0.25) is 5.02 Å². The van der Waals surface area contributed by atoms with E-state index in [1.54, 1.807) is 12.3 Å². The van der Waals surface area contributed by atoms with Crippen LogP contribution < -0.4 is 11.1 Å². The largest absolute Gasteiger partial charge is 0.396 e. The number of hydrogen-bond acceptors (Lipinski definition) is 4. The lowest BCUT2D eigenvalue weighted by Gasteiger charge is -2.27. The summed E-state index contributed by atoms with van der Waals surface area (Å²) in [6.45, 7) is 0.708. The molecule has 2 rings (SSSR count). The van der Waals surface area contributed by atoms with Crippen molar-refractivity contribution < 1.29 is 5.11 Å². The van der Waals surface area contributed by atoms with Gasteiger partial charge in [-0.05, 0) is 18.9 Å². The Hall–Kier alpha value is -1.00. The molecule has 5 heteroatoms. The maximum atomic E-state index is 9.85. The van der Waals surface area contributed by atoms with Gasteiger partial charge in [0.25, 0.3) is 0 Å². The Labute approximate surface area is 106 Å². The molecule has 1 saturated carbocycles. The van der Waals surface area contributed by atoms with Gasteiger partial charge in [0.1, 0.15) is 5.82 Å². The third kappa shape index (κ3) is 3.23. The number of nitrogens with zero attached hydrogens (tertiary/aromatic N) is 1. The zero-order valence-electron chi connectivity index (χ0n) is 9.69. The number of hydrogen-bond donors (Lipinski definition) is 3. The SMILES string of the molecule is Nc1cc(Cl)cnc1NCC1CCCCC1O. The monoisotopic (exact) mass is 255 g/mol. The molecule has 17 heavy (non-hydrogen) atoms. The molecule has 1 aliphatic carbocycles. The Bertz CT molecular complexity index is 386. The zero-order valence-corrected chi connectivity index (χ0v) is 10.5. The van der Waals surface area contributed by atoms with Crippen LogP contribution in [0.15, 0.2) is 12.3 Å². The molecule has 1 fully saturated rings. The highest BCUT2D eigenvalue weighted by atomic mass is 35.5. The van der Waals surface area contributed by atoms with Crippen molar-refractivity contribution >= 4 is 23.1 Å². The summed E-state index contributed by atoms with van der Waals surface area (Å²) in [4.78, 5) is 4.14. The van der Waals surface area contributed by atoms with Crippen LogP contribution >= 0.6 is 11.6 Å². The lowest BCUT2D eigenvalue weighted by Crippen LogP contribution is -2.30. The summed E-state index contributed by atoms with van der Waals surface area (Å²) in [6.07, 6.45) is 5.63. The van der Waals surface area contributed by atoms with Gasteiger partial charge < -0.3 is 16.2 Å². The maximum Gasteiger partial charge on any atom is 0.149 e. The fraction of sp³-hybridized carbons (Fsp3) is 0.583. The van der Waals surface area contributed by atoms with Crippen LogP contribution in [0.3, 0.4) is 0 Å². The molecule has 1 aliphatic rings. The number of nitrogens with one attached hydrogen (secondary N) is 1. The highest BCUT2D eigenvalue weighted by Crippen LogP contribution is 2.26. The number of halogens is 1. The Morgan fingerprint density at radius 3 is 2.94 bits per heavy atom. The summed E-state index contributed by atoms with van der Waals surface area (Å²) in [5, 5.41) is 13.6. The molecule has 2 atom stereocenters. The Balaban J connectivity index is 1.92. The molecule has 4 nitrogen and oxygen atoms in total. The van der Waals surface area contributed by atoms with Crippen LogP contribution in [0.1, 0.15) is 25.7 Å². The van der Waals surface area contributed by atoms with E-state index in [1.165, 1.54) is 6.42 Å². The van der Waals surface area contributed by atoms with Gasteiger partial charge in [0.2, 0.25) is 0 Å². The highest BCUT2D eigenvalue weighted by Gasteiger charge is 2.22. The van der Waals surface area contributed by atoms with E-state index in [0.29, 0.717) is 29.0 Å². The first-order valence-corrected chi connectivity index (χ1v) is 6.37. The van der Waals surface area contributed by atoms with Crippen LogP contribution in [0.4, 0.5) is 11.5 Å². The standard InChI is InChI=1S/C12H18ClN3O/c13-9-5-10(14)12(16-7-9)15-6-8-3-1-2-4-11(8)17/h5,7-8,11,17H,1-4,6,14H2,(H,15,16). The molecular weight excluding hydrogens is 238 g/mol. The summed E-state index contributed by atoms with van der Waals surface area (Å²) >= 11 is 5.78. The molecule has 1 aromatic heterocycles. The van der Waals surface area contributed by atoms with Gasteiger partial charge in [0.15, 0.2) is 0 Å². The van der Waals surface area contributed by atoms with E-state index in [-0.39, 0.29) is 6.10 Å². The van der Waals surface area contributed by atoms with Crippen molar-refractivity contribution in [2.75, 3.05) is 17.6 Å². The lowest BCUT2D eigenvalue weighted by molar-refractivity contribution is 0.0763. The second-order valence-electron chi connectivity index (χ2n) is 4.58. The predicted molar refractivity (Wildman–Crippen MR) is 70.1 cm³/mol. The van der Waals surface area contributed by atoms with Crippen molar-refractivity contribution in [3.8, 4) is 0 Å². The Morgan fingerprint density at radius 1 is 1.47 bits per heavy atom. The predicted octanol–water partition coefficient (Wildman–Crippen LogP) is 2.28. The molecule has 94 valence electrons. The van der Waals surface area contributed by atoms with Crippen molar-refractivity contribution in [2.24, 2.45) is 5.92 Å². The lowest BCUT2D eigenvalue weighted by atomic mass is 9.86. The molecule has 0 bridgehead atoms. The van der Waals surface area contributed by atoms with Gasteiger partial charge in [-0.2, -0.15) is 0 Å². The quantitative estimate of drug-likeness (QED) is 0.775. The van der Waals surface area contributed by atoms with Crippen LogP contribution in [0.25, 0.3) is 0 Å². The first-order valence-electron chi connectivity index (χ1n) is 6.00. The van der Waals surface area contributed by atoms with Gasteiger partial charge in [-0.3, -0.25) is 0 Å². The van der Waals surface area contributed by atoms with E-state index >= 15 is 0 Å². The van der Waals surface area contributed by atoms with Crippen molar-refractivity contribution in [3.05, 3.63) is 17.3 Å². The van der Waals surface area contributed by atoms with Crippen LogP contribution in [0.5, 0.6) is 0 Å². The number of anilines is 2. The van der Waals surface area contributed by atoms with Gasteiger partial charge in [-0.25, -0.2) is 4.98 Å².